The number of Topliss-reactive ketones (excluding diaryl/α,β-unsaturated/α-hetero) is 1. The summed E-state index contributed by atoms with van der Waals surface area (Å²) in [5, 5.41) is 10.2. The number of benzene rings is 1. The van der Waals surface area contributed by atoms with E-state index in [-0.39, 0.29) is 17.3 Å². The third-order valence-electron chi connectivity index (χ3n) is 4.79. The third-order valence-corrected chi connectivity index (χ3v) is 5.83. The molecule has 2 aliphatic rings. The number of aliphatic hydroxyl groups is 1. The minimum atomic E-state index is -0.276. The Kier molecular flexibility index (Phi) is 3.74. The lowest BCUT2D eigenvalue weighted by molar-refractivity contribution is -0.117. The van der Waals surface area contributed by atoms with E-state index in [9.17, 15) is 9.90 Å². The average molecular weight is 288 g/mol. The molecule has 0 amide bonds. The lowest BCUT2D eigenvalue weighted by atomic mass is 9.71. The molecule has 0 unspecified atom stereocenters. The van der Waals surface area contributed by atoms with Gasteiger partial charge in [0.15, 0.2) is 5.78 Å². The van der Waals surface area contributed by atoms with Gasteiger partial charge in [-0.05, 0) is 31.4 Å². The number of carbonyl (C=O) groups excluding carboxylic acids is 1. The van der Waals surface area contributed by atoms with Gasteiger partial charge in [0.25, 0.3) is 0 Å². The van der Waals surface area contributed by atoms with Crippen molar-refractivity contribution in [3.05, 3.63) is 41.5 Å². The molecule has 20 heavy (non-hydrogen) atoms. The van der Waals surface area contributed by atoms with E-state index in [1.807, 2.05) is 18.2 Å². The van der Waals surface area contributed by atoms with Crippen molar-refractivity contribution in [3.63, 3.8) is 0 Å². The third kappa shape index (κ3) is 2.33. The van der Waals surface area contributed by atoms with Crippen LogP contribution in [0.25, 0.3) is 0 Å². The predicted octanol–water partition coefficient (Wildman–Crippen LogP) is 3.60. The summed E-state index contributed by atoms with van der Waals surface area (Å²) in [6.45, 7) is 2.12. The average Bonchev–Trinajstić information content (AvgIpc) is 2.76. The highest BCUT2D eigenvalue weighted by Gasteiger charge is 2.46. The lowest BCUT2D eigenvalue weighted by Gasteiger charge is -2.35. The quantitative estimate of drug-likeness (QED) is 0.864. The summed E-state index contributed by atoms with van der Waals surface area (Å²) in [6.07, 6.45) is 2.80. The van der Waals surface area contributed by atoms with Gasteiger partial charge in [0, 0.05) is 28.1 Å². The molecule has 0 heterocycles. The number of rotatable bonds is 3. The first kappa shape index (κ1) is 13.9. The van der Waals surface area contributed by atoms with Crippen LogP contribution in [0.1, 0.15) is 32.6 Å². The number of fused-ring (bicyclic) bond motifs is 1. The number of thioether (sulfide) groups is 1. The Bertz CT molecular complexity index is 549. The van der Waals surface area contributed by atoms with Crippen molar-refractivity contribution in [2.24, 2.45) is 5.41 Å². The van der Waals surface area contributed by atoms with E-state index in [0.717, 1.165) is 30.6 Å². The summed E-state index contributed by atoms with van der Waals surface area (Å²) < 4.78 is 0. The molecule has 1 aromatic carbocycles. The van der Waals surface area contributed by atoms with Crippen LogP contribution in [0.4, 0.5) is 0 Å². The van der Waals surface area contributed by atoms with Gasteiger partial charge in [0.05, 0.1) is 6.10 Å². The molecular formula is C17H20O2S. The van der Waals surface area contributed by atoms with Gasteiger partial charge in [-0.15, -0.1) is 11.8 Å². The van der Waals surface area contributed by atoms with Gasteiger partial charge in [-0.2, -0.15) is 0 Å². The fourth-order valence-corrected chi connectivity index (χ4v) is 4.43. The van der Waals surface area contributed by atoms with Crippen molar-refractivity contribution >= 4 is 17.5 Å². The molecule has 0 aromatic heterocycles. The zero-order valence-electron chi connectivity index (χ0n) is 11.8. The highest BCUT2D eigenvalue weighted by Crippen LogP contribution is 2.51. The first-order chi connectivity index (χ1) is 9.61. The number of aliphatic hydroxyl groups excluding tert-OH is 1. The van der Waals surface area contributed by atoms with Gasteiger partial charge in [-0.3, -0.25) is 4.79 Å². The van der Waals surface area contributed by atoms with Gasteiger partial charge in [-0.1, -0.05) is 30.7 Å². The highest BCUT2D eigenvalue weighted by atomic mass is 32.2. The standard InChI is InChI=1S/C17H20O2S/c1-17-10-9-15(18)13(14(17)7-8-16(17)19)11-20-12-5-3-2-4-6-12/h2-6,16,19H,7-11H2,1H3/t16-,17-/m0/s1. The summed E-state index contributed by atoms with van der Waals surface area (Å²) >= 11 is 1.72. The van der Waals surface area contributed by atoms with Gasteiger partial charge < -0.3 is 5.11 Å². The zero-order valence-corrected chi connectivity index (χ0v) is 12.6. The Morgan fingerprint density at radius 2 is 2.05 bits per heavy atom. The molecule has 0 saturated heterocycles. The summed E-state index contributed by atoms with van der Waals surface area (Å²) in [5.41, 5.74) is 2.05. The van der Waals surface area contributed by atoms with E-state index in [4.69, 9.17) is 0 Å². The Labute approximate surface area is 124 Å². The van der Waals surface area contributed by atoms with Crippen molar-refractivity contribution in [3.8, 4) is 0 Å². The van der Waals surface area contributed by atoms with E-state index >= 15 is 0 Å². The number of carbonyl (C=O) groups is 1. The molecule has 1 aromatic rings. The van der Waals surface area contributed by atoms with Crippen LogP contribution < -0.4 is 0 Å². The molecule has 1 fully saturated rings. The number of ketones is 1. The van der Waals surface area contributed by atoms with Crippen LogP contribution in [0.2, 0.25) is 0 Å². The summed E-state index contributed by atoms with van der Waals surface area (Å²) in [7, 11) is 0. The lowest BCUT2D eigenvalue weighted by Crippen LogP contribution is -2.34. The minimum Gasteiger partial charge on any atom is -0.392 e. The molecule has 2 atom stereocenters. The number of hydrogen-bond acceptors (Lipinski definition) is 3. The Morgan fingerprint density at radius 3 is 2.80 bits per heavy atom. The maximum Gasteiger partial charge on any atom is 0.159 e. The minimum absolute atomic E-state index is 0.152. The van der Waals surface area contributed by atoms with Crippen LogP contribution in [0.15, 0.2) is 46.4 Å². The largest absolute Gasteiger partial charge is 0.392 e. The molecule has 106 valence electrons. The monoisotopic (exact) mass is 288 g/mol. The zero-order chi connectivity index (χ0) is 14.2. The van der Waals surface area contributed by atoms with Gasteiger partial charge >= 0.3 is 0 Å². The molecule has 1 saturated carbocycles. The first-order valence-electron chi connectivity index (χ1n) is 7.23. The Hall–Kier alpha value is -1.06. The molecule has 0 bridgehead atoms. The second-order valence-corrected chi connectivity index (χ2v) is 7.00. The van der Waals surface area contributed by atoms with Crippen molar-refractivity contribution in [1.29, 1.82) is 0 Å². The van der Waals surface area contributed by atoms with E-state index in [0.29, 0.717) is 6.42 Å². The summed E-state index contributed by atoms with van der Waals surface area (Å²) in [4.78, 5) is 13.4. The number of hydrogen-bond donors (Lipinski definition) is 1. The molecule has 3 rings (SSSR count). The maximum atomic E-state index is 12.3. The molecule has 2 aliphatic carbocycles. The van der Waals surface area contributed by atoms with Crippen molar-refractivity contribution in [2.75, 3.05) is 5.75 Å². The second-order valence-electron chi connectivity index (χ2n) is 5.95. The topological polar surface area (TPSA) is 37.3 Å². The predicted molar refractivity (Wildman–Crippen MR) is 81.8 cm³/mol. The van der Waals surface area contributed by atoms with Crippen LogP contribution in [0.3, 0.4) is 0 Å². The van der Waals surface area contributed by atoms with Gasteiger partial charge in [0.1, 0.15) is 0 Å². The Morgan fingerprint density at radius 1 is 1.30 bits per heavy atom. The molecule has 3 heteroatoms. The smallest absolute Gasteiger partial charge is 0.159 e. The molecule has 0 spiro atoms. The van der Waals surface area contributed by atoms with E-state index in [2.05, 4.69) is 19.1 Å². The van der Waals surface area contributed by atoms with E-state index in [1.54, 1.807) is 11.8 Å². The van der Waals surface area contributed by atoms with E-state index in [1.165, 1.54) is 10.5 Å². The molecular weight excluding hydrogens is 268 g/mol. The summed E-state index contributed by atoms with van der Waals surface area (Å²) in [6, 6.07) is 10.2. The van der Waals surface area contributed by atoms with Crippen LogP contribution in [0.5, 0.6) is 0 Å². The Balaban J connectivity index is 1.84. The normalized spacial score (nSPS) is 29.7. The first-order valence-corrected chi connectivity index (χ1v) is 8.21. The van der Waals surface area contributed by atoms with Gasteiger partial charge in [0.2, 0.25) is 0 Å². The van der Waals surface area contributed by atoms with E-state index < -0.39 is 0 Å². The van der Waals surface area contributed by atoms with Crippen molar-refractivity contribution in [1.82, 2.24) is 0 Å². The van der Waals surface area contributed by atoms with Crippen LogP contribution in [-0.2, 0) is 4.79 Å². The van der Waals surface area contributed by atoms with Crippen LogP contribution in [0, 0.1) is 5.41 Å². The van der Waals surface area contributed by atoms with Crippen LogP contribution >= 0.6 is 11.8 Å². The van der Waals surface area contributed by atoms with Gasteiger partial charge in [-0.25, -0.2) is 0 Å². The molecule has 0 aliphatic heterocycles. The molecule has 2 nitrogen and oxygen atoms in total. The summed E-state index contributed by atoms with van der Waals surface area (Å²) in [5.74, 6) is 1.02. The van der Waals surface area contributed by atoms with Crippen LogP contribution in [-0.4, -0.2) is 22.7 Å². The maximum absolute atomic E-state index is 12.3. The SMILES string of the molecule is C[C@]12CCC(=O)C(CSc3ccccc3)=C1CC[C@@H]2O. The van der Waals surface area contributed by atoms with Crippen molar-refractivity contribution < 1.29 is 9.90 Å². The van der Waals surface area contributed by atoms with Crippen molar-refractivity contribution in [2.45, 2.75) is 43.6 Å². The highest BCUT2D eigenvalue weighted by molar-refractivity contribution is 7.99. The fraction of sp³-hybridized carbons (Fsp3) is 0.471. The molecule has 0 radical (unpaired) electrons. The second kappa shape index (κ2) is 5.38. The fourth-order valence-electron chi connectivity index (χ4n) is 3.43. The molecule has 1 N–H and O–H groups in total.